The summed E-state index contributed by atoms with van der Waals surface area (Å²) in [5.74, 6) is 0.353. The molecular weight excluding hydrogens is 248 g/mol. The van der Waals surface area contributed by atoms with Crippen molar-refractivity contribution in [3.63, 3.8) is 0 Å². The molecular formula is C17H28N2O. The van der Waals surface area contributed by atoms with E-state index >= 15 is 0 Å². The smallest absolute Gasteiger partial charge is 0.0599 e. The van der Waals surface area contributed by atoms with E-state index in [-0.39, 0.29) is 11.6 Å². The molecule has 112 valence electrons. The van der Waals surface area contributed by atoms with Crippen molar-refractivity contribution in [2.24, 2.45) is 5.92 Å². The van der Waals surface area contributed by atoms with E-state index in [1.54, 1.807) is 0 Å². The van der Waals surface area contributed by atoms with Gasteiger partial charge in [0.2, 0.25) is 0 Å². The second-order valence-electron chi connectivity index (χ2n) is 7.05. The van der Waals surface area contributed by atoms with E-state index in [0.717, 1.165) is 26.1 Å². The number of nitrogens with zero attached hydrogens (tertiary/aromatic N) is 1. The molecule has 1 saturated heterocycles. The zero-order chi connectivity index (χ0) is 14.8. The van der Waals surface area contributed by atoms with Gasteiger partial charge in [-0.3, -0.25) is 0 Å². The van der Waals surface area contributed by atoms with E-state index < -0.39 is 0 Å². The van der Waals surface area contributed by atoms with Crippen molar-refractivity contribution in [1.82, 2.24) is 5.32 Å². The summed E-state index contributed by atoms with van der Waals surface area (Å²) in [6.07, 6.45) is 0.732. The molecule has 0 radical (unpaired) electrons. The molecule has 1 aliphatic heterocycles. The lowest BCUT2D eigenvalue weighted by Gasteiger charge is -2.36. The molecule has 0 saturated carbocycles. The van der Waals surface area contributed by atoms with E-state index in [1.165, 1.54) is 11.3 Å². The number of aliphatic hydroxyl groups is 1. The predicted molar refractivity (Wildman–Crippen MR) is 85.0 cm³/mol. The minimum Gasteiger partial charge on any atom is -0.393 e. The fourth-order valence-electron chi connectivity index (χ4n) is 2.56. The van der Waals surface area contributed by atoms with Gasteiger partial charge < -0.3 is 15.3 Å². The van der Waals surface area contributed by atoms with Crippen molar-refractivity contribution in [3.05, 3.63) is 29.8 Å². The third kappa shape index (κ3) is 4.22. The first-order chi connectivity index (χ1) is 9.35. The van der Waals surface area contributed by atoms with Crippen molar-refractivity contribution in [1.29, 1.82) is 0 Å². The summed E-state index contributed by atoms with van der Waals surface area (Å²) < 4.78 is 0. The van der Waals surface area contributed by atoms with Crippen molar-refractivity contribution in [2.45, 2.75) is 52.3 Å². The topological polar surface area (TPSA) is 35.5 Å². The highest BCUT2D eigenvalue weighted by Gasteiger charge is 2.24. The highest BCUT2D eigenvalue weighted by atomic mass is 16.3. The third-order valence-electron chi connectivity index (χ3n) is 3.98. The van der Waals surface area contributed by atoms with Crippen molar-refractivity contribution in [2.75, 3.05) is 18.0 Å². The first-order valence-corrected chi connectivity index (χ1v) is 7.62. The van der Waals surface area contributed by atoms with Crippen LogP contribution in [0.3, 0.4) is 0 Å². The molecule has 20 heavy (non-hydrogen) atoms. The van der Waals surface area contributed by atoms with E-state index in [0.29, 0.717) is 5.92 Å². The first kappa shape index (κ1) is 15.3. The van der Waals surface area contributed by atoms with Crippen molar-refractivity contribution in [3.8, 4) is 0 Å². The molecule has 1 aliphatic rings. The van der Waals surface area contributed by atoms with Crippen LogP contribution in [0.5, 0.6) is 0 Å². The quantitative estimate of drug-likeness (QED) is 0.891. The van der Waals surface area contributed by atoms with E-state index in [9.17, 15) is 5.11 Å². The molecule has 3 heteroatoms. The molecule has 0 spiro atoms. The van der Waals surface area contributed by atoms with Crippen LogP contribution in [0.25, 0.3) is 0 Å². The average molecular weight is 276 g/mol. The van der Waals surface area contributed by atoms with Crippen LogP contribution in [0.15, 0.2) is 24.3 Å². The lowest BCUT2D eigenvalue weighted by atomic mass is 9.96. The van der Waals surface area contributed by atoms with Gasteiger partial charge in [0.1, 0.15) is 0 Å². The zero-order valence-corrected chi connectivity index (χ0v) is 13.2. The van der Waals surface area contributed by atoms with Gasteiger partial charge in [-0.1, -0.05) is 19.1 Å². The SMILES string of the molecule is CC1CN(c2ccc(CNC(C)(C)C)cc2)CCC1O. The number of anilines is 1. The number of rotatable bonds is 3. The van der Waals surface area contributed by atoms with Crippen molar-refractivity contribution >= 4 is 5.69 Å². The standard InChI is InChI=1S/C17H28N2O/c1-13-12-19(10-9-16(13)20)15-7-5-14(6-8-15)11-18-17(2,3)4/h5-8,13,16,18,20H,9-12H2,1-4H3. The molecule has 2 unspecified atom stereocenters. The van der Waals surface area contributed by atoms with E-state index in [1.807, 2.05) is 0 Å². The summed E-state index contributed by atoms with van der Waals surface area (Å²) in [7, 11) is 0. The molecule has 1 fully saturated rings. The van der Waals surface area contributed by atoms with Gasteiger partial charge >= 0.3 is 0 Å². The van der Waals surface area contributed by atoms with Gasteiger partial charge in [-0.2, -0.15) is 0 Å². The molecule has 2 N–H and O–H groups in total. The maximum atomic E-state index is 9.80. The Morgan fingerprint density at radius 2 is 1.90 bits per heavy atom. The maximum Gasteiger partial charge on any atom is 0.0599 e. The molecule has 2 rings (SSSR count). The minimum absolute atomic E-state index is 0.137. The molecule has 1 heterocycles. The summed E-state index contributed by atoms with van der Waals surface area (Å²) >= 11 is 0. The van der Waals surface area contributed by atoms with Crippen LogP contribution >= 0.6 is 0 Å². The van der Waals surface area contributed by atoms with Crippen LogP contribution in [-0.2, 0) is 6.54 Å². The Kier molecular flexibility index (Phi) is 4.71. The lowest BCUT2D eigenvalue weighted by molar-refractivity contribution is 0.0971. The predicted octanol–water partition coefficient (Wildman–Crippen LogP) is 2.78. The molecule has 1 aromatic carbocycles. The summed E-state index contributed by atoms with van der Waals surface area (Å²) in [5.41, 5.74) is 2.73. The fourth-order valence-corrected chi connectivity index (χ4v) is 2.56. The van der Waals surface area contributed by atoms with Gasteiger partial charge in [-0.25, -0.2) is 0 Å². The number of nitrogens with one attached hydrogen (secondary N) is 1. The van der Waals surface area contributed by atoms with Gasteiger partial charge in [-0.15, -0.1) is 0 Å². The van der Waals surface area contributed by atoms with Gasteiger partial charge in [0.05, 0.1) is 6.10 Å². The molecule has 0 aromatic heterocycles. The van der Waals surface area contributed by atoms with Crippen LogP contribution < -0.4 is 10.2 Å². The molecule has 1 aromatic rings. The normalized spacial score (nSPS) is 23.9. The second-order valence-corrected chi connectivity index (χ2v) is 7.05. The Bertz CT molecular complexity index is 422. The Hall–Kier alpha value is -1.06. The third-order valence-corrected chi connectivity index (χ3v) is 3.98. The number of benzene rings is 1. The van der Waals surface area contributed by atoms with Gasteiger partial charge in [0.15, 0.2) is 0 Å². The molecule has 0 bridgehead atoms. The van der Waals surface area contributed by atoms with Gasteiger partial charge in [0, 0.05) is 30.9 Å². The van der Waals surface area contributed by atoms with E-state index in [2.05, 4.69) is 62.2 Å². The van der Waals surface area contributed by atoms with Gasteiger partial charge in [-0.05, 0) is 50.8 Å². The molecule has 0 aliphatic carbocycles. The van der Waals surface area contributed by atoms with Crippen LogP contribution in [0, 0.1) is 5.92 Å². The Balaban J connectivity index is 1.94. The highest BCUT2D eigenvalue weighted by Crippen LogP contribution is 2.23. The van der Waals surface area contributed by atoms with Crippen molar-refractivity contribution < 1.29 is 5.11 Å². The Morgan fingerprint density at radius 1 is 1.25 bits per heavy atom. The average Bonchev–Trinajstić information content (AvgIpc) is 2.39. The Morgan fingerprint density at radius 3 is 2.45 bits per heavy atom. The minimum atomic E-state index is -0.137. The number of aliphatic hydroxyl groups excluding tert-OH is 1. The van der Waals surface area contributed by atoms with Crippen LogP contribution in [-0.4, -0.2) is 29.8 Å². The maximum absolute atomic E-state index is 9.80. The van der Waals surface area contributed by atoms with Crippen LogP contribution in [0.4, 0.5) is 5.69 Å². The molecule has 3 nitrogen and oxygen atoms in total. The second kappa shape index (κ2) is 6.15. The lowest BCUT2D eigenvalue weighted by Crippen LogP contribution is -2.41. The summed E-state index contributed by atoms with van der Waals surface area (Å²) in [6, 6.07) is 8.79. The largest absolute Gasteiger partial charge is 0.393 e. The summed E-state index contributed by atoms with van der Waals surface area (Å²) in [5, 5.41) is 13.3. The monoisotopic (exact) mass is 276 g/mol. The summed E-state index contributed by atoms with van der Waals surface area (Å²) in [6.45, 7) is 11.5. The number of piperidine rings is 1. The first-order valence-electron chi connectivity index (χ1n) is 7.62. The van der Waals surface area contributed by atoms with Crippen LogP contribution in [0.1, 0.15) is 39.7 Å². The highest BCUT2D eigenvalue weighted by molar-refractivity contribution is 5.48. The van der Waals surface area contributed by atoms with E-state index in [4.69, 9.17) is 0 Å². The number of hydrogen-bond donors (Lipinski definition) is 2. The Labute approximate surface area is 123 Å². The molecule has 0 amide bonds. The summed E-state index contributed by atoms with van der Waals surface area (Å²) in [4.78, 5) is 2.37. The molecule has 2 atom stereocenters. The number of hydrogen-bond acceptors (Lipinski definition) is 3. The fraction of sp³-hybridized carbons (Fsp3) is 0.647. The zero-order valence-electron chi connectivity index (χ0n) is 13.2. The van der Waals surface area contributed by atoms with Crippen LogP contribution in [0.2, 0.25) is 0 Å². The van der Waals surface area contributed by atoms with Gasteiger partial charge in [0.25, 0.3) is 0 Å².